The van der Waals surface area contributed by atoms with Crippen molar-refractivity contribution >= 4 is 27.3 Å². The monoisotopic (exact) mass is 331 g/mol. The van der Waals surface area contributed by atoms with E-state index in [1.54, 1.807) is 4.90 Å². The molecule has 0 spiro atoms. The van der Waals surface area contributed by atoms with Crippen molar-refractivity contribution in [2.45, 2.75) is 26.7 Å². The molecule has 0 aliphatic carbocycles. The molecule has 1 amide bonds. The Kier molecular flexibility index (Phi) is 4.69. The van der Waals surface area contributed by atoms with E-state index in [9.17, 15) is 13.2 Å². The molecule has 1 aromatic heterocycles. The highest BCUT2D eigenvalue weighted by Crippen LogP contribution is 2.26. The van der Waals surface area contributed by atoms with Crippen molar-refractivity contribution in [3.63, 3.8) is 0 Å². The SMILES string of the molecule is Cc1nc(C(C)C)c(C(=O)N2CCN(S(C)(=O)=O)CC2)s1. The number of hydrogen-bond acceptors (Lipinski definition) is 5. The fraction of sp³-hybridized carbons (Fsp3) is 0.692. The molecule has 0 atom stereocenters. The summed E-state index contributed by atoms with van der Waals surface area (Å²) in [7, 11) is -3.17. The van der Waals surface area contributed by atoms with E-state index >= 15 is 0 Å². The number of hydrogen-bond donors (Lipinski definition) is 0. The fourth-order valence-electron chi connectivity index (χ4n) is 2.35. The van der Waals surface area contributed by atoms with E-state index in [1.807, 2.05) is 20.8 Å². The summed E-state index contributed by atoms with van der Waals surface area (Å²) in [5.41, 5.74) is 0.841. The van der Waals surface area contributed by atoms with Gasteiger partial charge in [0.15, 0.2) is 0 Å². The first-order valence-corrected chi connectivity index (χ1v) is 9.58. The third-order valence-corrected chi connectivity index (χ3v) is 5.77. The predicted octanol–water partition coefficient (Wildman–Crippen LogP) is 1.29. The molecule has 0 N–H and O–H groups in total. The maximum absolute atomic E-state index is 12.6. The summed E-state index contributed by atoms with van der Waals surface area (Å²) >= 11 is 1.42. The first kappa shape index (κ1) is 16.4. The van der Waals surface area contributed by atoms with Gasteiger partial charge in [-0.3, -0.25) is 4.79 Å². The molecule has 2 heterocycles. The predicted molar refractivity (Wildman–Crippen MR) is 83.3 cm³/mol. The second-order valence-electron chi connectivity index (χ2n) is 5.56. The van der Waals surface area contributed by atoms with Crippen LogP contribution in [0.3, 0.4) is 0 Å². The Bertz CT molecular complexity index is 629. The standard InChI is InChI=1S/C13H21N3O3S2/c1-9(2)11-12(20-10(3)14-11)13(17)15-5-7-16(8-6-15)21(4,18)19/h9H,5-8H2,1-4H3. The van der Waals surface area contributed by atoms with Crippen LogP contribution in [0.5, 0.6) is 0 Å². The Morgan fingerprint density at radius 3 is 2.29 bits per heavy atom. The number of nitrogens with zero attached hydrogens (tertiary/aromatic N) is 3. The minimum absolute atomic E-state index is 0.0301. The van der Waals surface area contributed by atoms with E-state index in [2.05, 4.69) is 4.98 Å². The van der Waals surface area contributed by atoms with Crippen molar-refractivity contribution in [3.05, 3.63) is 15.6 Å². The summed E-state index contributed by atoms with van der Waals surface area (Å²) in [4.78, 5) is 19.5. The number of aryl methyl sites for hydroxylation is 1. The number of piperazine rings is 1. The summed E-state index contributed by atoms with van der Waals surface area (Å²) in [5.74, 6) is 0.170. The number of carbonyl (C=O) groups excluding carboxylic acids is 1. The highest BCUT2D eigenvalue weighted by atomic mass is 32.2. The van der Waals surface area contributed by atoms with Crippen LogP contribution in [0, 0.1) is 6.92 Å². The number of amides is 1. The van der Waals surface area contributed by atoms with Gasteiger partial charge < -0.3 is 4.90 Å². The Balaban J connectivity index is 2.13. The molecule has 1 aliphatic heterocycles. The van der Waals surface area contributed by atoms with Crippen molar-refractivity contribution in [2.75, 3.05) is 32.4 Å². The molecule has 1 fully saturated rings. The van der Waals surface area contributed by atoms with Gasteiger partial charge in [0, 0.05) is 26.2 Å². The Labute approximate surface area is 129 Å². The molecule has 0 saturated carbocycles. The van der Waals surface area contributed by atoms with Crippen LogP contribution in [0.2, 0.25) is 0 Å². The lowest BCUT2D eigenvalue weighted by atomic mass is 10.1. The number of aromatic nitrogens is 1. The largest absolute Gasteiger partial charge is 0.335 e. The molecule has 0 bridgehead atoms. The van der Waals surface area contributed by atoms with Gasteiger partial charge in [-0.15, -0.1) is 11.3 Å². The van der Waals surface area contributed by atoms with E-state index in [4.69, 9.17) is 0 Å². The number of rotatable bonds is 3. The highest BCUT2D eigenvalue weighted by Gasteiger charge is 2.29. The fourth-order valence-corrected chi connectivity index (χ4v) is 4.22. The molecule has 2 rings (SSSR count). The van der Waals surface area contributed by atoms with Gasteiger partial charge in [0.05, 0.1) is 17.0 Å². The maximum atomic E-state index is 12.6. The van der Waals surface area contributed by atoms with Gasteiger partial charge in [0.1, 0.15) is 4.88 Å². The Hall–Kier alpha value is -0.990. The first-order chi connectivity index (χ1) is 9.70. The molecule has 1 saturated heterocycles. The third-order valence-electron chi connectivity index (χ3n) is 3.50. The molecule has 6 nitrogen and oxygen atoms in total. The molecule has 1 aromatic rings. The molecule has 21 heavy (non-hydrogen) atoms. The normalized spacial score (nSPS) is 17.5. The van der Waals surface area contributed by atoms with Gasteiger partial charge in [0.25, 0.3) is 5.91 Å². The van der Waals surface area contributed by atoms with E-state index < -0.39 is 10.0 Å². The summed E-state index contributed by atoms with van der Waals surface area (Å²) in [5, 5.41) is 0.886. The van der Waals surface area contributed by atoms with Crippen molar-refractivity contribution in [1.29, 1.82) is 0 Å². The summed E-state index contributed by atoms with van der Waals surface area (Å²) in [6.07, 6.45) is 1.20. The topological polar surface area (TPSA) is 70.6 Å². The number of sulfonamides is 1. The number of thiazole rings is 1. The van der Waals surface area contributed by atoms with Gasteiger partial charge in [-0.25, -0.2) is 13.4 Å². The zero-order valence-electron chi connectivity index (χ0n) is 12.8. The van der Waals surface area contributed by atoms with E-state index in [0.29, 0.717) is 31.1 Å². The van der Waals surface area contributed by atoms with Gasteiger partial charge in [-0.2, -0.15) is 4.31 Å². The van der Waals surface area contributed by atoms with Gasteiger partial charge >= 0.3 is 0 Å². The van der Waals surface area contributed by atoms with Crippen LogP contribution in [0.1, 0.15) is 40.1 Å². The quantitative estimate of drug-likeness (QED) is 0.837. The minimum Gasteiger partial charge on any atom is -0.335 e. The van der Waals surface area contributed by atoms with Crippen LogP contribution < -0.4 is 0 Å². The molecule has 8 heteroatoms. The van der Waals surface area contributed by atoms with Gasteiger partial charge in [-0.1, -0.05) is 13.8 Å². The molecule has 0 aromatic carbocycles. The van der Waals surface area contributed by atoms with Crippen molar-refractivity contribution in [2.24, 2.45) is 0 Å². The molecule has 1 aliphatic rings. The van der Waals surface area contributed by atoms with Crippen LogP contribution in [-0.2, 0) is 10.0 Å². The summed E-state index contributed by atoms with van der Waals surface area (Å²) in [6.45, 7) is 7.52. The van der Waals surface area contributed by atoms with Crippen molar-refractivity contribution in [1.82, 2.24) is 14.2 Å². The lowest BCUT2D eigenvalue weighted by Gasteiger charge is -2.33. The Morgan fingerprint density at radius 1 is 1.24 bits per heavy atom. The second-order valence-corrected chi connectivity index (χ2v) is 8.74. The molecular formula is C13H21N3O3S2. The second kappa shape index (κ2) is 6.02. The average Bonchev–Trinajstić information content (AvgIpc) is 2.79. The van der Waals surface area contributed by atoms with E-state index in [1.165, 1.54) is 21.9 Å². The number of carbonyl (C=O) groups is 1. The zero-order valence-corrected chi connectivity index (χ0v) is 14.4. The van der Waals surface area contributed by atoms with Crippen LogP contribution >= 0.6 is 11.3 Å². The van der Waals surface area contributed by atoms with Gasteiger partial charge in [0.2, 0.25) is 10.0 Å². The summed E-state index contributed by atoms with van der Waals surface area (Å²) in [6, 6.07) is 0. The summed E-state index contributed by atoms with van der Waals surface area (Å²) < 4.78 is 24.4. The average molecular weight is 331 g/mol. The highest BCUT2D eigenvalue weighted by molar-refractivity contribution is 7.88. The molecule has 0 radical (unpaired) electrons. The van der Waals surface area contributed by atoms with Crippen LogP contribution in [0.15, 0.2) is 0 Å². The molecule has 0 unspecified atom stereocenters. The molecular weight excluding hydrogens is 310 g/mol. The maximum Gasteiger partial charge on any atom is 0.265 e. The first-order valence-electron chi connectivity index (χ1n) is 6.92. The van der Waals surface area contributed by atoms with Crippen LogP contribution in [0.4, 0.5) is 0 Å². The lowest BCUT2D eigenvalue weighted by molar-refractivity contribution is 0.0701. The Morgan fingerprint density at radius 2 is 1.81 bits per heavy atom. The smallest absolute Gasteiger partial charge is 0.265 e. The lowest BCUT2D eigenvalue weighted by Crippen LogP contribution is -2.50. The zero-order chi connectivity index (χ0) is 15.8. The molecule has 118 valence electrons. The van der Waals surface area contributed by atoms with Crippen molar-refractivity contribution < 1.29 is 13.2 Å². The van der Waals surface area contributed by atoms with Crippen LogP contribution in [0.25, 0.3) is 0 Å². The van der Waals surface area contributed by atoms with Crippen LogP contribution in [-0.4, -0.2) is 60.9 Å². The minimum atomic E-state index is -3.17. The third kappa shape index (κ3) is 3.61. The van der Waals surface area contributed by atoms with Crippen molar-refractivity contribution in [3.8, 4) is 0 Å². The van der Waals surface area contributed by atoms with E-state index in [-0.39, 0.29) is 11.8 Å². The van der Waals surface area contributed by atoms with Gasteiger partial charge in [-0.05, 0) is 12.8 Å². The van der Waals surface area contributed by atoms with E-state index in [0.717, 1.165) is 10.7 Å².